The number of rotatable bonds is 4. The molecule has 3 rings (SSSR count). The van der Waals surface area contributed by atoms with Crippen molar-refractivity contribution in [3.05, 3.63) is 36.2 Å². The van der Waals surface area contributed by atoms with Crippen LogP contribution in [-0.2, 0) is 4.79 Å². The second-order valence-electron chi connectivity index (χ2n) is 3.89. The van der Waals surface area contributed by atoms with Crippen molar-refractivity contribution in [2.24, 2.45) is 0 Å². The highest BCUT2D eigenvalue weighted by Gasteiger charge is 2.12. The molecule has 21 heavy (non-hydrogen) atoms. The number of aromatic nitrogens is 4. The Morgan fingerprint density at radius 3 is 3.05 bits per heavy atom. The fourth-order valence-electron chi connectivity index (χ4n) is 1.50. The smallest absolute Gasteiger partial charge is 0.345 e. The van der Waals surface area contributed by atoms with Crippen molar-refractivity contribution in [3.8, 4) is 0 Å². The lowest BCUT2D eigenvalue weighted by molar-refractivity contribution is -0.113. The van der Waals surface area contributed by atoms with Crippen molar-refractivity contribution >= 4 is 29.2 Å². The van der Waals surface area contributed by atoms with Crippen LogP contribution in [0.2, 0.25) is 0 Å². The molecule has 0 saturated carbocycles. The lowest BCUT2D eigenvalue weighted by atomic mass is 10.3. The summed E-state index contributed by atoms with van der Waals surface area (Å²) in [6, 6.07) is 2.90. The number of halogens is 2. The van der Waals surface area contributed by atoms with Gasteiger partial charge in [0.25, 0.3) is 5.22 Å². The highest BCUT2D eigenvalue weighted by atomic mass is 32.2. The minimum atomic E-state index is -0.839. The van der Waals surface area contributed by atoms with Crippen molar-refractivity contribution in [2.75, 3.05) is 11.1 Å². The van der Waals surface area contributed by atoms with Crippen LogP contribution in [0, 0.1) is 11.6 Å². The minimum Gasteiger partial charge on any atom is -0.396 e. The fourth-order valence-corrected chi connectivity index (χ4v) is 2.11. The number of hydrogen-bond acceptors (Lipinski definition) is 6. The van der Waals surface area contributed by atoms with Gasteiger partial charge in [-0.3, -0.25) is 4.79 Å². The fraction of sp³-hybridized carbons (Fsp3) is 0.0909. The van der Waals surface area contributed by atoms with Crippen LogP contribution in [0.25, 0.3) is 5.84 Å². The number of nitrogens with one attached hydrogen (secondary N) is 1. The first-order valence-corrected chi connectivity index (χ1v) is 6.65. The molecule has 1 aromatic carbocycles. The molecule has 0 atom stereocenters. The molecule has 0 fully saturated rings. The highest BCUT2D eigenvalue weighted by molar-refractivity contribution is 7.99. The Labute approximate surface area is 120 Å². The van der Waals surface area contributed by atoms with Crippen LogP contribution in [-0.4, -0.2) is 31.5 Å². The molecule has 0 saturated heterocycles. The number of carbonyl (C=O) groups is 1. The molecule has 2 heterocycles. The van der Waals surface area contributed by atoms with Gasteiger partial charge in [0.05, 0.1) is 11.4 Å². The normalized spacial score (nSPS) is 11.0. The summed E-state index contributed by atoms with van der Waals surface area (Å²) < 4.78 is 32.6. The first-order valence-electron chi connectivity index (χ1n) is 5.66. The van der Waals surface area contributed by atoms with Gasteiger partial charge in [0, 0.05) is 6.07 Å². The molecule has 3 aromatic rings. The molecular weight excluding hydrogens is 304 g/mol. The first kappa shape index (κ1) is 13.5. The molecule has 0 aliphatic heterocycles. The summed E-state index contributed by atoms with van der Waals surface area (Å²) >= 11 is 1.01. The number of carbonyl (C=O) groups excluding carboxylic acids is 1. The number of fused-ring (bicyclic) bond motifs is 1. The number of anilines is 1. The van der Waals surface area contributed by atoms with Crippen molar-refractivity contribution in [3.63, 3.8) is 0 Å². The van der Waals surface area contributed by atoms with Crippen LogP contribution in [0.4, 0.5) is 14.5 Å². The van der Waals surface area contributed by atoms with Gasteiger partial charge in [-0.1, -0.05) is 16.9 Å². The van der Waals surface area contributed by atoms with E-state index in [1.807, 2.05) is 0 Å². The van der Waals surface area contributed by atoms with E-state index < -0.39 is 17.5 Å². The average molecular weight is 311 g/mol. The third-order valence-electron chi connectivity index (χ3n) is 2.40. The standard InChI is InChI=1S/C11H7F2N5O2S/c12-6-1-2-8(7(13)3-6)15-9(19)4-21-11-17-18-5-14-16-10(18)20-11/h1-3,5H,4H2,(H,15,19). The molecule has 0 radical (unpaired) electrons. The number of amides is 1. The molecule has 0 aliphatic rings. The molecule has 108 valence electrons. The Morgan fingerprint density at radius 2 is 2.29 bits per heavy atom. The lowest BCUT2D eigenvalue weighted by Crippen LogP contribution is -2.15. The Kier molecular flexibility index (Phi) is 3.52. The zero-order valence-corrected chi connectivity index (χ0v) is 11.1. The third kappa shape index (κ3) is 2.99. The predicted octanol–water partition coefficient (Wildman–Crippen LogP) is 1.73. The molecule has 0 bridgehead atoms. The highest BCUT2D eigenvalue weighted by Crippen LogP contribution is 2.19. The van der Waals surface area contributed by atoms with E-state index >= 15 is 0 Å². The van der Waals surface area contributed by atoms with Gasteiger partial charge in [-0.25, -0.2) is 8.78 Å². The molecule has 1 N–H and O–H groups in total. The van der Waals surface area contributed by atoms with Gasteiger partial charge < -0.3 is 9.73 Å². The van der Waals surface area contributed by atoms with E-state index in [-0.39, 0.29) is 22.5 Å². The van der Waals surface area contributed by atoms with E-state index in [4.69, 9.17) is 4.42 Å². The largest absolute Gasteiger partial charge is 0.396 e. The quantitative estimate of drug-likeness (QED) is 0.739. The van der Waals surface area contributed by atoms with Crippen LogP contribution < -0.4 is 5.32 Å². The topological polar surface area (TPSA) is 85.3 Å². The van der Waals surface area contributed by atoms with Gasteiger partial charge >= 0.3 is 5.84 Å². The van der Waals surface area contributed by atoms with E-state index in [1.54, 1.807) is 0 Å². The maximum atomic E-state index is 13.4. The summed E-state index contributed by atoms with van der Waals surface area (Å²) in [5, 5.41) is 13.7. The molecule has 0 spiro atoms. The van der Waals surface area contributed by atoms with Crippen molar-refractivity contribution in [1.29, 1.82) is 0 Å². The second-order valence-corrected chi connectivity index (χ2v) is 4.81. The third-order valence-corrected chi connectivity index (χ3v) is 3.22. The van der Waals surface area contributed by atoms with Gasteiger partial charge in [-0.2, -0.15) is 4.52 Å². The first-order chi connectivity index (χ1) is 10.1. The number of nitrogens with zero attached hydrogens (tertiary/aromatic N) is 4. The summed E-state index contributed by atoms with van der Waals surface area (Å²) in [5.41, 5.74) is -0.0894. The minimum absolute atomic E-state index is 0.0477. The monoisotopic (exact) mass is 311 g/mol. The molecule has 10 heteroatoms. The number of thioether (sulfide) groups is 1. The lowest BCUT2D eigenvalue weighted by Gasteiger charge is -2.05. The van der Waals surface area contributed by atoms with Crippen LogP contribution in [0.1, 0.15) is 0 Å². The molecule has 2 aromatic heterocycles. The molecule has 7 nitrogen and oxygen atoms in total. The van der Waals surface area contributed by atoms with E-state index in [0.717, 1.165) is 23.9 Å². The van der Waals surface area contributed by atoms with Crippen molar-refractivity contribution in [2.45, 2.75) is 5.22 Å². The van der Waals surface area contributed by atoms with Crippen LogP contribution in [0.5, 0.6) is 0 Å². The summed E-state index contributed by atoms with van der Waals surface area (Å²) in [4.78, 5) is 11.7. The summed E-state index contributed by atoms with van der Waals surface area (Å²) in [7, 11) is 0. The summed E-state index contributed by atoms with van der Waals surface area (Å²) in [5.74, 6) is -1.86. The second kappa shape index (κ2) is 5.48. The maximum absolute atomic E-state index is 13.4. The summed E-state index contributed by atoms with van der Waals surface area (Å²) in [6.45, 7) is 0. The van der Waals surface area contributed by atoms with Gasteiger partial charge in [0.1, 0.15) is 18.0 Å². The van der Waals surface area contributed by atoms with E-state index in [9.17, 15) is 13.6 Å². The summed E-state index contributed by atoms with van der Waals surface area (Å²) in [6.07, 6.45) is 1.36. The van der Waals surface area contributed by atoms with Crippen LogP contribution >= 0.6 is 11.8 Å². The number of hydrogen-bond donors (Lipinski definition) is 1. The van der Waals surface area contributed by atoms with Gasteiger partial charge in [0.15, 0.2) is 0 Å². The van der Waals surface area contributed by atoms with Gasteiger partial charge in [-0.15, -0.1) is 10.2 Å². The average Bonchev–Trinajstić information content (AvgIpc) is 3.00. The Bertz CT molecular complexity index is 774. The molecule has 0 aliphatic carbocycles. The Hall–Kier alpha value is -2.49. The zero-order chi connectivity index (χ0) is 14.8. The molecule has 0 unspecified atom stereocenters. The van der Waals surface area contributed by atoms with E-state index in [0.29, 0.717) is 6.07 Å². The van der Waals surface area contributed by atoms with E-state index in [1.165, 1.54) is 10.8 Å². The van der Waals surface area contributed by atoms with Crippen molar-refractivity contribution < 1.29 is 18.0 Å². The molecular formula is C11H7F2N5O2S. The van der Waals surface area contributed by atoms with Crippen LogP contribution in [0.3, 0.4) is 0 Å². The van der Waals surface area contributed by atoms with Gasteiger partial charge in [0.2, 0.25) is 5.91 Å². The Morgan fingerprint density at radius 1 is 1.43 bits per heavy atom. The van der Waals surface area contributed by atoms with Crippen LogP contribution in [0.15, 0.2) is 34.2 Å². The van der Waals surface area contributed by atoms with E-state index in [2.05, 4.69) is 20.6 Å². The maximum Gasteiger partial charge on any atom is 0.345 e. The van der Waals surface area contributed by atoms with Crippen molar-refractivity contribution in [1.82, 2.24) is 19.8 Å². The van der Waals surface area contributed by atoms with Gasteiger partial charge in [-0.05, 0) is 12.1 Å². The Balaban J connectivity index is 1.60. The number of benzene rings is 1. The zero-order valence-electron chi connectivity index (χ0n) is 10.3. The SMILES string of the molecule is O=C(CSc1nn2cnnc2o1)Nc1ccc(F)cc1F. The predicted molar refractivity (Wildman–Crippen MR) is 68.8 cm³/mol. The molecule has 1 amide bonds.